The van der Waals surface area contributed by atoms with Gasteiger partial charge < -0.3 is 9.73 Å². The minimum absolute atomic E-state index is 0.802. The lowest BCUT2D eigenvalue weighted by molar-refractivity contribution is 0.431. The Labute approximate surface area is 89.7 Å². The van der Waals surface area contributed by atoms with Crippen LogP contribution >= 0.6 is 11.8 Å². The number of oxazole rings is 1. The first-order valence-electron chi connectivity index (χ1n) is 5.01. The van der Waals surface area contributed by atoms with Crippen molar-refractivity contribution in [3.05, 3.63) is 11.5 Å². The molecule has 0 radical (unpaired) electrons. The second kappa shape index (κ2) is 6.09. The van der Waals surface area contributed by atoms with Gasteiger partial charge in [0.2, 0.25) is 0 Å². The molecular formula is C10H18N2OS. The Morgan fingerprint density at radius 3 is 2.79 bits per heavy atom. The summed E-state index contributed by atoms with van der Waals surface area (Å²) in [6.45, 7) is 8.16. The van der Waals surface area contributed by atoms with Gasteiger partial charge >= 0.3 is 0 Å². The smallest absolute Gasteiger partial charge is 0.256 e. The van der Waals surface area contributed by atoms with E-state index in [9.17, 15) is 0 Å². The summed E-state index contributed by atoms with van der Waals surface area (Å²) in [5.74, 6) is 1.99. The third kappa shape index (κ3) is 3.72. The summed E-state index contributed by atoms with van der Waals surface area (Å²) in [5, 5.41) is 4.09. The summed E-state index contributed by atoms with van der Waals surface area (Å²) in [4.78, 5) is 4.30. The molecule has 1 N–H and O–H groups in total. The zero-order valence-electron chi connectivity index (χ0n) is 9.09. The lowest BCUT2D eigenvalue weighted by Gasteiger charge is -1.98. The predicted molar refractivity (Wildman–Crippen MR) is 59.9 cm³/mol. The maximum atomic E-state index is 5.45. The molecule has 1 aromatic rings. The van der Waals surface area contributed by atoms with Crippen molar-refractivity contribution in [2.75, 3.05) is 18.8 Å². The third-order valence-electron chi connectivity index (χ3n) is 1.98. The monoisotopic (exact) mass is 214 g/mol. The van der Waals surface area contributed by atoms with Crippen LogP contribution in [0.4, 0.5) is 0 Å². The molecule has 0 saturated carbocycles. The van der Waals surface area contributed by atoms with E-state index in [1.807, 2.05) is 13.8 Å². The Morgan fingerprint density at radius 2 is 2.21 bits per heavy atom. The summed E-state index contributed by atoms with van der Waals surface area (Å²) >= 11 is 1.69. The molecule has 0 unspecified atom stereocenters. The van der Waals surface area contributed by atoms with Gasteiger partial charge in [-0.15, -0.1) is 0 Å². The largest absolute Gasteiger partial charge is 0.437 e. The molecule has 1 aromatic heterocycles. The number of nitrogens with zero attached hydrogens (tertiary/aromatic N) is 1. The van der Waals surface area contributed by atoms with Crippen LogP contribution in [-0.2, 0) is 0 Å². The van der Waals surface area contributed by atoms with Gasteiger partial charge in [-0.05, 0) is 33.4 Å². The number of thioether (sulfide) groups is 1. The normalized spacial score (nSPS) is 10.8. The molecular weight excluding hydrogens is 196 g/mol. The molecule has 0 fully saturated rings. The summed E-state index contributed by atoms with van der Waals surface area (Å²) in [6, 6.07) is 0. The quantitative estimate of drug-likeness (QED) is 0.583. The minimum Gasteiger partial charge on any atom is -0.437 e. The van der Waals surface area contributed by atoms with E-state index in [0.717, 1.165) is 41.9 Å². The van der Waals surface area contributed by atoms with Crippen molar-refractivity contribution < 1.29 is 4.42 Å². The molecule has 14 heavy (non-hydrogen) atoms. The molecule has 1 heterocycles. The van der Waals surface area contributed by atoms with Crippen molar-refractivity contribution in [2.45, 2.75) is 32.4 Å². The van der Waals surface area contributed by atoms with E-state index in [1.165, 1.54) is 0 Å². The predicted octanol–water partition coefficient (Wildman–Crippen LogP) is 2.38. The fourth-order valence-electron chi connectivity index (χ4n) is 1.04. The first-order chi connectivity index (χ1) is 6.74. The number of aromatic nitrogens is 1. The maximum absolute atomic E-state index is 5.45. The van der Waals surface area contributed by atoms with Crippen molar-refractivity contribution in [3.8, 4) is 0 Å². The summed E-state index contributed by atoms with van der Waals surface area (Å²) in [5.41, 5.74) is 0.999. The van der Waals surface area contributed by atoms with Crippen LogP contribution in [0.2, 0.25) is 0 Å². The van der Waals surface area contributed by atoms with Gasteiger partial charge in [0, 0.05) is 5.75 Å². The maximum Gasteiger partial charge on any atom is 0.256 e. The molecule has 80 valence electrons. The van der Waals surface area contributed by atoms with Gasteiger partial charge in [0.05, 0.1) is 5.69 Å². The molecule has 0 saturated heterocycles. The van der Waals surface area contributed by atoms with Crippen LogP contribution in [0.5, 0.6) is 0 Å². The molecule has 0 bridgehead atoms. The highest BCUT2D eigenvalue weighted by atomic mass is 32.2. The molecule has 0 spiro atoms. The second-order valence-electron chi connectivity index (χ2n) is 3.18. The van der Waals surface area contributed by atoms with Gasteiger partial charge in [-0.25, -0.2) is 4.98 Å². The molecule has 0 aliphatic heterocycles. The molecule has 0 atom stereocenters. The van der Waals surface area contributed by atoms with Gasteiger partial charge in [0.15, 0.2) is 0 Å². The van der Waals surface area contributed by atoms with Crippen LogP contribution in [0.1, 0.15) is 24.8 Å². The van der Waals surface area contributed by atoms with E-state index in [1.54, 1.807) is 11.8 Å². The van der Waals surface area contributed by atoms with Crippen LogP contribution in [0.25, 0.3) is 0 Å². The van der Waals surface area contributed by atoms with E-state index in [-0.39, 0.29) is 0 Å². The first-order valence-corrected chi connectivity index (χ1v) is 6.00. The molecule has 1 rings (SSSR count). The lowest BCUT2D eigenvalue weighted by atomic mass is 10.4. The molecule has 0 aromatic carbocycles. The Bertz CT molecular complexity index is 254. The average molecular weight is 214 g/mol. The summed E-state index contributed by atoms with van der Waals surface area (Å²) < 4.78 is 5.45. The Hall–Kier alpha value is -0.480. The fraction of sp³-hybridized carbons (Fsp3) is 0.700. The number of rotatable bonds is 6. The highest BCUT2D eigenvalue weighted by Crippen LogP contribution is 2.20. The van der Waals surface area contributed by atoms with Crippen LogP contribution in [0.3, 0.4) is 0 Å². The van der Waals surface area contributed by atoms with Gasteiger partial charge in [0.25, 0.3) is 5.22 Å². The topological polar surface area (TPSA) is 38.1 Å². The second-order valence-corrected chi connectivity index (χ2v) is 4.22. The van der Waals surface area contributed by atoms with Crippen LogP contribution in [0.15, 0.2) is 9.64 Å². The highest BCUT2D eigenvalue weighted by Gasteiger charge is 2.04. The highest BCUT2D eigenvalue weighted by molar-refractivity contribution is 7.99. The summed E-state index contributed by atoms with van der Waals surface area (Å²) in [7, 11) is 0. The van der Waals surface area contributed by atoms with Crippen LogP contribution in [-0.4, -0.2) is 23.8 Å². The van der Waals surface area contributed by atoms with Crippen LogP contribution in [0, 0.1) is 13.8 Å². The fourth-order valence-corrected chi connectivity index (χ4v) is 1.89. The Balaban J connectivity index is 2.18. The standard InChI is InChI=1S/C10H18N2OS/c1-4-11-6-5-7-14-10-12-8(2)9(3)13-10/h11H,4-7H2,1-3H3. The number of hydrogen-bond acceptors (Lipinski definition) is 4. The lowest BCUT2D eigenvalue weighted by Crippen LogP contribution is -2.14. The van der Waals surface area contributed by atoms with E-state index >= 15 is 0 Å². The van der Waals surface area contributed by atoms with E-state index in [2.05, 4.69) is 17.2 Å². The number of hydrogen-bond donors (Lipinski definition) is 1. The zero-order valence-corrected chi connectivity index (χ0v) is 9.91. The van der Waals surface area contributed by atoms with E-state index in [0.29, 0.717) is 0 Å². The van der Waals surface area contributed by atoms with Crippen molar-refractivity contribution >= 4 is 11.8 Å². The number of aryl methyl sites for hydroxylation is 2. The van der Waals surface area contributed by atoms with E-state index < -0.39 is 0 Å². The molecule has 3 nitrogen and oxygen atoms in total. The number of nitrogens with one attached hydrogen (secondary N) is 1. The SMILES string of the molecule is CCNCCCSc1nc(C)c(C)o1. The van der Waals surface area contributed by atoms with Crippen molar-refractivity contribution in [2.24, 2.45) is 0 Å². The van der Waals surface area contributed by atoms with Gasteiger partial charge in [-0.1, -0.05) is 18.7 Å². The minimum atomic E-state index is 0.802. The van der Waals surface area contributed by atoms with Crippen LogP contribution < -0.4 is 5.32 Å². The van der Waals surface area contributed by atoms with E-state index in [4.69, 9.17) is 4.42 Å². The van der Waals surface area contributed by atoms with Gasteiger partial charge in [-0.3, -0.25) is 0 Å². The third-order valence-corrected chi connectivity index (χ3v) is 2.90. The molecule has 0 aliphatic carbocycles. The molecule has 0 aliphatic rings. The van der Waals surface area contributed by atoms with Gasteiger partial charge in [-0.2, -0.15) is 0 Å². The molecule has 0 amide bonds. The Morgan fingerprint density at radius 1 is 1.43 bits per heavy atom. The zero-order chi connectivity index (χ0) is 10.4. The van der Waals surface area contributed by atoms with Gasteiger partial charge in [0.1, 0.15) is 5.76 Å². The summed E-state index contributed by atoms with van der Waals surface area (Å²) in [6.07, 6.45) is 1.15. The van der Waals surface area contributed by atoms with Crippen molar-refractivity contribution in [1.29, 1.82) is 0 Å². The Kier molecular flexibility index (Phi) is 5.04. The van der Waals surface area contributed by atoms with Crippen molar-refractivity contribution in [1.82, 2.24) is 10.3 Å². The van der Waals surface area contributed by atoms with Crippen molar-refractivity contribution in [3.63, 3.8) is 0 Å². The first kappa shape index (κ1) is 11.6. The molecule has 4 heteroatoms. The average Bonchev–Trinajstić information content (AvgIpc) is 2.46.